The van der Waals surface area contributed by atoms with Crippen molar-refractivity contribution in [2.75, 3.05) is 0 Å². The molecule has 2 saturated carbocycles. The van der Waals surface area contributed by atoms with E-state index in [1.165, 1.54) is 6.42 Å². The van der Waals surface area contributed by atoms with Crippen molar-refractivity contribution in [1.82, 2.24) is 0 Å². The number of hydrogen-bond donors (Lipinski definition) is 1. The average Bonchev–Trinajstić information content (AvgIpc) is 2.79. The summed E-state index contributed by atoms with van der Waals surface area (Å²) >= 11 is 0. The Morgan fingerprint density at radius 1 is 1.12 bits per heavy atom. The fourth-order valence-electron chi connectivity index (χ4n) is 3.25. The largest absolute Gasteiger partial charge is 0.416 e. The number of fused-ring (bicyclic) bond motifs is 2. The van der Waals surface area contributed by atoms with Gasteiger partial charge in [0.15, 0.2) is 5.60 Å². The average molecular weight is 252 g/mol. The summed E-state index contributed by atoms with van der Waals surface area (Å²) in [5.41, 5.74) is -2.50. The van der Waals surface area contributed by atoms with Gasteiger partial charge in [0, 0.05) is 0 Å². The standard InChI is InChI=1S/C11H17F3O.C2H6/c1-10(15,11(12,13)14)6-9-5-7-2-3-8(9)4-7;1-2/h7-9,15H,2-6H2,1H3;1-2H3. The molecule has 0 saturated heterocycles. The molecule has 2 rings (SSSR count). The molecule has 2 bridgehead atoms. The van der Waals surface area contributed by atoms with Crippen molar-refractivity contribution in [2.24, 2.45) is 17.8 Å². The summed E-state index contributed by atoms with van der Waals surface area (Å²) < 4.78 is 37.4. The second-order valence-electron chi connectivity index (χ2n) is 5.41. The highest BCUT2D eigenvalue weighted by atomic mass is 19.4. The van der Waals surface area contributed by atoms with E-state index in [1.54, 1.807) is 0 Å². The first-order valence-electron chi connectivity index (χ1n) is 6.59. The van der Waals surface area contributed by atoms with E-state index in [1.807, 2.05) is 13.8 Å². The van der Waals surface area contributed by atoms with E-state index >= 15 is 0 Å². The second-order valence-corrected chi connectivity index (χ2v) is 5.41. The van der Waals surface area contributed by atoms with Gasteiger partial charge >= 0.3 is 6.18 Å². The van der Waals surface area contributed by atoms with Gasteiger partial charge in [0.2, 0.25) is 0 Å². The monoisotopic (exact) mass is 252 g/mol. The zero-order valence-electron chi connectivity index (χ0n) is 10.8. The molecular formula is C13H23F3O. The Hall–Kier alpha value is -0.250. The third kappa shape index (κ3) is 3.15. The van der Waals surface area contributed by atoms with Crippen LogP contribution < -0.4 is 0 Å². The molecule has 0 aliphatic heterocycles. The molecule has 0 amide bonds. The van der Waals surface area contributed by atoms with Crippen molar-refractivity contribution in [2.45, 2.75) is 64.7 Å². The van der Waals surface area contributed by atoms with Crippen molar-refractivity contribution in [3.63, 3.8) is 0 Å². The molecule has 102 valence electrons. The predicted octanol–water partition coefficient (Wildman–Crippen LogP) is 4.15. The van der Waals surface area contributed by atoms with Gasteiger partial charge < -0.3 is 5.11 Å². The minimum atomic E-state index is -4.49. The number of rotatable bonds is 2. The SMILES string of the molecule is CC.CC(O)(CC1CC2CCC1C2)C(F)(F)F. The second kappa shape index (κ2) is 5.17. The number of alkyl halides is 3. The zero-order valence-corrected chi connectivity index (χ0v) is 10.8. The molecular weight excluding hydrogens is 229 g/mol. The molecule has 0 heterocycles. The molecule has 2 aliphatic carbocycles. The molecule has 4 unspecified atom stereocenters. The molecule has 4 atom stereocenters. The van der Waals surface area contributed by atoms with Crippen LogP contribution in [0.4, 0.5) is 13.2 Å². The highest BCUT2D eigenvalue weighted by molar-refractivity contribution is 4.94. The molecule has 0 radical (unpaired) electrons. The quantitative estimate of drug-likeness (QED) is 0.782. The summed E-state index contributed by atoms with van der Waals surface area (Å²) in [5.74, 6) is 1.15. The van der Waals surface area contributed by atoms with Crippen molar-refractivity contribution < 1.29 is 18.3 Å². The topological polar surface area (TPSA) is 20.2 Å². The molecule has 1 N–H and O–H groups in total. The summed E-state index contributed by atoms with van der Waals surface area (Å²) in [6, 6.07) is 0. The minimum Gasteiger partial charge on any atom is -0.381 e. The first-order valence-corrected chi connectivity index (χ1v) is 6.59. The van der Waals surface area contributed by atoms with Gasteiger partial charge in [0.05, 0.1) is 0 Å². The van der Waals surface area contributed by atoms with Gasteiger partial charge in [-0.1, -0.05) is 20.3 Å². The first-order chi connectivity index (χ1) is 7.79. The van der Waals surface area contributed by atoms with E-state index in [4.69, 9.17) is 0 Å². The normalized spacial score (nSPS) is 35.1. The fraction of sp³-hybridized carbons (Fsp3) is 1.00. The van der Waals surface area contributed by atoms with Gasteiger partial charge in [-0.3, -0.25) is 0 Å². The van der Waals surface area contributed by atoms with E-state index in [2.05, 4.69) is 0 Å². The fourth-order valence-corrected chi connectivity index (χ4v) is 3.25. The van der Waals surface area contributed by atoms with Crippen LogP contribution in [-0.2, 0) is 0 Å². The maximum Gasteiger partial charge on any atom is 0.416 e. The zero-order chi connectivity index (χ0) is 13.3. The Morgan fingerprint density at radius 3 is 2.06 bits per heavy atom. The molecule has 4 heteroatoms. The van der Waals surface area contributed by atoms with E-state index in [9.17, 15) is 18.3 Å². The van der Waals surface area contributed by atoms with Crippen LogP contribution >= 0.6 is 0 Å². The highest BCUT2D eigenvalue weighted by Crippen LogP contribution is 2.52. The predicted molar refractivity (Wildman–Crippen MR) is 61.6 cm³/mol. The van der Waals surface area contributed by atoms with Crippen LogP contribution in [0.25, 0.3) is 0 Å². The van der Waals surface area contributed by atoms with Crippen LogP contribution in [-0.4, -0.2) is 16.9 Å². The molecule has 0 aromatic heterocycles. The lowest BCUT2D eigenvalue weighted by atomic mass is 9.81. The minimum absolute atomic E-state index is 0.0837. The summed E-state index contributed by atoms with van der Waals surface area (Å²) in [6.45, 7) is 4.90. The molecule has 0 spiro atoms. The van der Waals surface area contributed by atoms with E-state index in [0.29, 0.717) is 11.8 Å². The molecule has 17 heavy (non-hydrogen) atoms. The van der Waals surface area contributed by atoms with Crippen LogP contribution in [0.15, 0.2) is 0 Å². The first kappa shape index (κ1) is 14.8. The van der Waals surface area contributed by atoms with Crippen molar-refractivity contribution in [3.8, 4) is 0 Å². The van der Waals surface area contributed by atoms with Gasteiger partial charge in [0.1, 0.15) is 0 Å². The molecule has 2 aliphatic rings. The maximum atomic E-state index is 12.5. The Morgan fingerprint density at radius 2 is 1.71 bits per heavy atom. The molecule has 0 aromatic rings. The van der Waals surface area contributed by atoms with Crippen LogP contribution in [0.5, 0.6) is 0 Å². The van der Waals surface area contributed by atoms with Gasteiger partial charge in [0.25, 0.3) is 0 Å². The Bertz CT molecular complexity index is 248. The van der Waals surface area contributed by atoms with Crippen molar-refractivity contribution in [3.05, 3.63) is 0 Å². The number of aliphatic hydroxyl groups is 1. The number of halogens is 3. The molecule has 2 fully saturated rings. The van der Waals surface area contributed by atoms with Gasteiger partial charge in [-0.25, -0.2) is 0 Å². The molecule has 1 nitrogen and oxygen atoms in total. The highest BCUT2D eigenvalue weighted by Gasteiger charge is 2.53. The van der Waals surface area contributed by atoms with Crippen LogP contribution in [0.2, 0.25) is 0 Å². The third-order valence-corrected chi connectivity index (χ3v) is 4.15. The number of hydrogen-bond acceptors (Lipinski definition) is 1. The van der Waals surface area contributed by atoms with Crippen molar-refractivity contribution in [1.29, 1.82) is 0 Å². The van der Waals surface area contributed by atoms with E-state index < -0.39 is 11.8 Å². The van der Waals surface area contributed by atoms with Crippen molar-refractivity contribution >= 4 is 0 Å². The Labute approximate surface area is 101 Å². The molecule has 0 aromatic carbocycles. The van der Waals surface area contributed by atoms with Crippen LogP contribution in [0, 0.1) is 17.8 Å². The van der Waals surface area contributed by atoms with Crippen LogP contribution in [0.3, 0.4) is 0 Å². The lowest BCUT2D eigenvalue weighted by molar-refractivity contribution is -0.259. The maximum absolute atomic E-state index is 12.5. The third-order valence-electron chi connectivity index (χ3n) is 4.15. The van der Waals surface area contributed by atoms with Gasteiger partial charge in [-0.05, 0) is 50.4 Å². The van der Waals surface area contributed by atoms with Gasteiger partial charge in [-0.2, -0.15) is 13.2 Å². The van der Waals surface area contributed by atoms with E-state index in [-0.39, 0.29) is 12.3 Å². The summed E-state index contributed by atoms with van der Waals surface area (Å²) in [6.07, 6.45) is -0.402. The van der Waals surface area contributed by atoms with Crippen LogP contribution in [0.1, 0.15) is 52.9 Å². The summed E-state index contributed by atoms with van der Waals surface area (Å²) in [4.78, 5) is 0. The van der Waals surface area contributed by atoms with E-state index in [0.717, 1.165) is 26.2 Å². The summed E-state index contributed by atoms with van der Waals surface area (Å²) in [5, 5.41) is 9.41. The Balaban J connectivity index is 0.000000686. The summed E-state index contributed by atoms with van der Waals surface area (Å²) in [7, 11) is 0. The lowest BCUT2D eigenvalue weighted by Gasteiger charge is -2.32. The Kier molecular flexibility index (Phi) is 4.50. The van der Waals surface area contributed by atoms with Gasteiger partial charge in [-0.15, -0.1) is 0 Å². The lowest BCUT2D eigenvalue weighted by Crippen LogP contribution is -2.44. The smallest absolute Gasteiger partial charge is 0.381 e.